The van der Waals surface area contributed by atoms with Crippen molar-refractivity contribution in [3.8, 4) is 11.1 Å². The van der Waals surface area contributed by atoms with Gasteiger partial charge in [-0.3, -0.25) is 4.99 Å². The molecule has 2 nitrogen and oxygen atoms in total. The highest BCUT2D eigenvalue weighted by atomic mass is 16.5. The number of aryl methyl sites for hydroxylation is 1. The molecule has 0 bridgehead atoms. The molecule has 0 unspecified atom stereocenters. The third-order valence-corrected chi connectivity index (χ3v) is 2.72. The van der Waals surface area contributed by atoms with Gasteiger partial charge in [0, 0.05) is 0 Å². The van der Waals surface area contributed by atoms with E-state index in [0.29, 0.717) is 0 Å². The fraction of sp³-hybridized carbons (Fsp3) is 0.188. The van der Waals surface area contributed by atoms with Crippen LogP contribution in [0, 0.1) is 6.92 Å². The van der Waals surface area contributed by atoms with E-state index in [4.69, 9.17) is 0 Å². The molecule has 3 rings (SSSR count). The molecule has 1 heterocycles. The van der Waals surface area contributed by atoms with Crippen LogP contribution >= 0.6 is 0 Å². The second-order valence-electron chi connectivity index (χ2n) is 4.06. The molecule has 0 aromatic heterocycles. The maximum atomic E-state index is 4.65. The molecular formula is C16H17NO. The summed E-state index contributed by atoms with van der Waals surface area (Å²) in [7, 11) is 0. The van der Waals surface area contributed by atoms with E-state index in [-0.39, 0.29) is 0 Å². The Morgan fingerprint density at radius 3 is 2.22 bits per heavy atom. The van der Waals surface area contributed by atoms with E-state index in [9.17, 15) is 0 Å². The van der Waals surface area contributed by atoms with Gasteiger partial charge in [-0.25, -0.2) is 0 Å². The third-order valence-electron chi connectivity index (χ3n) is 2.72. The summed E-state index contributed by atoms with van der Waals surface area (Å²) in [5.74, 6) is 0. The molecule has 0 saturated heterocycles. The average Bonchev–Trinajstić information content (AvgIpc) is 2.99. The number of hydrogen-bond acceptors (Lipinski definition) is 2. The van der Waals surface area contributed by atoms with Crippen LogP contribution in [0.15, 0.2) is 59.6 Å². The molecule has 2 aromatic carbocycles. The Labute approximate surface area is 108 Å². The number of benzene rings is 2. The molecule has 1 aliphatic rings. The average molecular weight is 239 g/mol. The van der Waals surface area contributed by atoms with E-state index in [1.807, 2.05) is 6.07 Å². The van der Waals surface area contributed by atoms with Crippen LogP contribution in [-0.2, 0) is 4.74 Å². The summed E-state index contributed by atoms with van der Waals surface area (Å²) in [4.78, 5) is 3.74. The lowest BCUT2D eigenvalue weighted by Crippen LogP contribution is -1.80. The first-order valence-corrected chi connectivity index (χ1v) is 6.09. The summed E-state index contributed by atoms with van der Waals surface area (Å²) < 4.78 is 4.65. The Morgan fingerprint density at radius 1 is 0.944 bits per heavy atom. The van der Waals surface area contributed by atoms with Crippen LogP contribution in [0.2, 0.25) is 0 Å². The highest BCUT2D eigenvalue weighted by Gasteiger charge is 1.97. The first kappa shape index (κ1) is 12.4. The molecule has 18 heavy (non-hydrogen) atoms. The van der Waals surface area contributed by atoms with E-state index in [0.717, 1.165) is 13.2 Å². The molecule has 0 aliphatic carbocycles. The maximum absolute atomic E-state index is 4.65. The van der Waals surface area contributed by atoms with Crippen LogP contribution in [-0.4, -0.2) is 19.6 Å². The van der Waals surface area contributed by atoms with Gasteiger partial charge in [-0.05, 0) is 23.6 Å². The Bertz CT molecular complexity index is 500. The van der Waals surface area contributed by atoms with Crippen LogP contribution in [0.3, 0.4) is 0 Å². The lowest BCUT2D eigenvalue weighted by Gasteiger charge is -2.04. The number of rotatable bonds is 1. The minimum atomic E-state index is 0.778. The first-order valence-electron chi connectivity index (χ1n) is 6.09. The van der Waals surface area contributed by atoms with Crippen LogP contribution in [0.1, 0.15) is 5.56 Å². The molecule has 1 aliphatic heterocycles. The molecule has 0 spiro atoms. The fourth-order valence-electron chi connectivity index (χ4n) is 1.78. The molecule has 0 saturated carbocycles. The van der Waals surface area contributed by atoms with Crippen LogP contribution < -0.4 is 0 Å². The van der Waals surface area contributed by atoms with E-state index in [1.54, 1.807) is 0 Å². The van der Waals surface area contributed by atoms with Gasteiger partial charge in [0.25, 0.3) is 0 Å². The quantitative estimate of drug-likeness (QED) is 0.743. The molecule has 92 valence electrons. The van der Waals surface area contributed by atoms with Gasteiger partial charge in [-0.2, -0.15) is 0 Å². The Morgan fingerprint density at radius 2 is 1.67 bits per heavy atom. The fourth-order valence-corrected chi connectivity index (χ4v) is 1.78. The second kappa shape index (κ2) is 6.60. The minimum absolute atomic E-state index is 0.778. The SMILES string of the molecule is C1=NCCO1.Cc1ccccc1-c1ccccc1. The second-order valence-corrected chi connectivity index (χ2v) is 4.06. The van der Waals surface area contributed by atoms with Crippen molar-refractivity contribution in [1.29, 1.82) is 0 Å². The zero-order valence-electron chi connectivity index (χ0n) is 10.5. The standard InChI is InChI=1S/C13H12.C3H5NO/c1-11-7-5-6-10-13(11)12-8-3-2-4-9-12;1-2-5-3-4-1/h2-10H,1H3;3H,1-2H2. The summed E-state index contributed by atoms with van der Waals surface area (Å²) in [6.07, 6.45) is 1.49. The summed E-state index contributed by atoms with van der Waals surface area (Å²) in [5, 5.41) is 0. The molecule has 0 atom stereocenters. The zero-order chi connectivity index (χ0) is 12.6. The summed E-state index contributed by atoms with van der Waals surface area (Å²) in [6.45, 7) is 3.77. The van der Waals surface area contributed by atoms with Gasteiger partial charge in [-0.15, -0.1) is 0 Å². The number of hydrogen-bond donors (Lipinski definition) is 0. The largest absolute Gasteiger partial charge is 0.482 e. The zero-order valence-corrected chi connectivity index (χ0v) is 10.5. The van der Waals surface area contributed by atoms with Crippen molar-refractivity contribution in [3.05, 3.63) is 60.2 Å². The van der Waals surface area contributed by atoms with Gasteiger partial charge in [0.15, 0.2) is 6.40 Å². The molecule has 0 N–H and O–H groups in total. The van der Waals surface area contributed by atoms with Crippen molar-refractivity contribution in [2.45, 2.75) is 6.92 Å². The molecule has 2 aromatic rings. The summed E-state index contributed by atoms with van der Waals surface area (Å²) >= 11 is 0. The monoisotopic (exact) mass is 239 g/mol. The van der Waals surface area contributed by atoms with Crippen LogP contribution in [0.5, 0.6) is 0 Å². The Hall–Kier alpha value is -2.09. The molecule has 0 radical (unpaired) electrons. The summed E-state index contributed by atoms with van der Waals surface area (Å²) in [5.41, 5.74) is 3.94. The van der Waals surface area contributed by atoms with Crippen LogP contribution in [0.4, 0.5) is 0 Å². The lowest BCUT2D eigenvalue weighted by atomic mass is 10.0. The van der Waals surface area contributed by atoms with E-state index >= 15 is 0 Å². The Kier molecular flexibility index (Phi) is 4.53. The minimum Gasteiger partial charge on any atom is -0.482 e. The van der Waals surface area contributed by atoms with Crippen molar-refractivity contribution >= 4 is 6.40 Å². The predicted octanol–water partition coefficient (Wildman–Crippen LogP) is 3.71. The highest BCUT2D eigenvalue weighted by molar-refractivity contribution is 5.66. The highest BCUT2D eigenvalue weighted by Crippen LogP contribution is 2.21. The van der Waals surface area contributed by atoms with Gasteiger partial charge in [0.05, 0.1) is 6.54 Å². The smallest absolute Gasteiger partial charge is 0.169 e. The van der Waals surface area contributed by atoms with Crippen LogP contribution in [0.25, 0.3) is 11.1 Å². The van der Waals surface area contributed by atoms with Crippen molar-refractivity contribution in [1.82, 2.24) is 0 Å². The third kappa shape index (κ3) is 3.45. The van der Waals surface area contributed by atoms with Gasteiger partial charge in [0.2, 0.25) is 0 Å². The molecule has 0 fully saturated rings. The first-order chi connectivity index (χ1) is 8.88. The summed E-state index contributed by atoms with van der Waals surface area (Å²) in [6, 6.07) is 18.9. The maximum Gasteiger partial charge on any atom is 0.169 e. The van der Waals surface area contributed by atoms with Crippen molar-refractivity contribution in [3.63, 3.8) is 0 Å². The van der Waals surface area contributed by atoms with Crippen molar-refractivity contribution in [2.24, 2.45) is 4.99 Å². The number of nitrogens with zero attached hydrogens (tertiary/aromatic N) is 1. The number of ether oxygens (including phenoxy) is 1. The molecular weight excluding hydrogens is 222 g/mol. The molecule has 2 heteroatoms. The normalized spacial score (nSPS) is 12.5. The van der Waals surface area contributed by atoms with E-state index in [1.165, 1.54) is 23.1 Å². The topological polar surface area (TPSA) is 21.6 Å². The lowest BCUT2D eigenvalue weighted by molar-refractivity contribution is 0.361. The predicted molar refractivity (Wildman–Crippen MR) is 75.9 cm³/mol. The van der Waals surface area contributed by atoms with Gasteiger partial charge in [0.1, 0.15) is 6.61 Å². The van der Waals surface area contributed by atoms with E-state index < -0.39 is 0 Å². The Balaban J connectivity index is 0.000000202. The van der Waals surface area contributed by atoms with Crippen molar-refractivity contribution < 1.29 is 4.74 Å². The van der Waals surface area contributed by atoms with Crippen molar-refractivity contribution in [2.75, 3.05) is 13.2 Å². The van der Waals surface area contributed by atoms with E-state index in [2.05, 4.69) is 65.2 Å². The number of aliphatic imine (C=N–C) groups is 1. The van der Waals surface area contributed by atoms with Gasteiger partial charge >= 0.3 is 0 Å². The van der Waals surface area contributed by atoms with Gasteiger partial charge < -0.3 is 4.74 Å². The van der Waals surface area contributed by atoms with Gasteiger partial charge in [-0.1, -0.05) is 54.6 Å². The molecule has 0 amide bonds.